The van der Waals surface area contributed by atoms with Crippen LogP contribution in [0.4, 0.5) is 4.79 Å². The monoisotopic (exact) mass is 285 g/mol. The van der Waals surface area contributed by atoms with Crippen LogP contribution in [0.2, 0.25) is 0 Å². The van der Waals surface area contributed by atoms with Gasteiger partial charge in [-0.2, -0.15) is 0 Å². The Bertz CT molecular complexity index is 477. The molecule has 1 aromatic heterocycles. The molecule has 0 aliphatic carbocycles. The molecule has 1 heterocycles. The van der Waals surface area contributed by atoms with E-state index < -0.39 is 5.97 Å². The van der Waals surface area contributed by atoms with E-state index in [0.717, 1.165) is 11.3 Å². The zero-order valence-corrected chi connectivity index (χ0v) is 12.3. The van der Waals surface area contributed by atoms with Crippen LogP contribution in [-0.2, 0) is 6.54 Å². The second-order valence-corrected chi connectivity index (χ2v) is 6.51. The summed E-state index contributed by atoms with van der Waals surface area (Å²) in [6.45, 7) is 8.51. The van der Waals surface area contributed by atoms with Gasteiger partial charge in [-0.15, -0.1) is 11.3 Å². The molecule has 2 amide bonds. The largest absolute Gasteiger partial charge is 0.477 e. The highest BCUT2D eigenvalue weighted by Gasteiger charge is 2.15. The quantitative estimate of drug-likeness (QED) is 0.789. The summed E-state index contributed by atoms with van der Waals surface area (Å²) in [6.07, 6.45) is 0. The number of aromatic carboxylic acids is 1. The summed E-state index contributed by atoms with van der Waals surface area (Å²) < 4.78 is 0. The van der Waals surface area contributed by atoms with Gasteiger partial charge in [0.05, 0.1) is 12.2 Å². The van der Waals surface area contributed by atoms with Crippen LogP contribution in [0.25, 0.3) is 0 Å². The van der Waals surface area contributed by atoms with Crippen molar-refractivity contribution in [2.75, 3.05) is 6.54 Å². The number of nitrogens with zero attached hydrogens (tertiary/aromatic N) is 1. The second kappa shape index (κ2) is 6.01. The molecule has 0 aliphatic rings. The molecule has 1 rings (SSSR count). The van der Waals surface area contributed by atoms with Gasteiger partial charge < -0.3 is 15.7 Å². The zero-order chi connectivity index (χ0) is 14.6. The van der Waals surface area contributed by atoms with Gasteiger partial charge in [-0.05, 0) is 12.3 Å². The molecule has 1 aromatic rings. The number of urea groups is 1. The second-order valence-electron chi connectivity index (χ2n) is 5.42. The van der Waals surface area contributed by atoms with Crippen LogP contribution in [0.1, 0.15) is 41.1 Å². The third-order valence-corrected chi connectivity index (χ3v) is 3.36. The number of hydrogen-bond acceptors (Lipinski definition) is 4. The van der Waals surface area contributed by atoms with Crippen LogP contribution in [0.3, 0.4) is 0 Å². The van der Waals surface area contributed by atoms with Crippen LogP contribution in [0.15, 0.2) is 0 Å². The summed E-state index contributed by atoms with van der Waals surface area (Å²) >= 11 is 1.08. The predicted octanol–water partition coefficient (Wildman–Crippen LogP) is 2.00. The van der Waals surface area contributed by atoms with Crippen molar-refractivity contribution in [2.45, 2.75) is 34.2 Å². The smallest absolute Gasteiger partial charge is 0.347 e. The van der Waals surface area contributed by atoms with Gasteiger partial charge in [0.1, 0.15) is 9.88 Å². The highest BCUT2D eigenvalue weighted by molar-refractivity contribution is 7.13. The first-order valence-corrected chi connectivity index (χ1v) is 6.72. The van der Waals surface area contributed by atoms with Crippen molar-refractivity contribution in [3.05, 3.63) is 15.6 Å². The molecule has 6 nitrogen and oxygen atoms in total. The van der Waals surface area contributed by atoms with Crippen molar-refractivity contribution >= 4 is 23.3 Å². The Labute approximate surface area is 116 Å². The van der Waals surface area contributed by atoms with E-state index in [1.165, 1.54) is 0 Å². The Kier molecular flexibility index (Phi) is 4.88. The number of carbonyl (C=O) groups excluding carboxylic acids is 1. The number of aryl methyl sites for hydroxylation is 1. The van der Waals surface area contributed by atoms with Crippen molar-refractivity contribution < 1.29 is 14.7 Å². The average Bonchev–Trinajstić information content (AvgIpc) is 2.64. The van der Waals surface area contributed by atoms with E-state index in [1.807, 2.05) is 20.8 Å². The first-order valence-electron chi connectivity index (χ1n) is 5.90. The van der Waals surface area contributed by atoms with Gasteiger partial charge in [-0.1, -0.05) is 20.8 Å². The molecule has 0 aromatic carbocycles. The molecular formula is C12H19N3O3S. The van der Waals surface area contributed by atoms with E-state index in [-0.39, 0.29) is 22.9 Å². The lowest BCUT2D eigenvalue weighted by Crippen LogP contribution is -2.39. The fourth-order valence-corrected chi connectivity index (χ4v) is 2.13. The van der Waals surface area contributed by atoms with Crippen molar-refractivity contribution in [3.63, 3.8) is 0 Å². The Morgan fingerprint density at radius 2 is 1.95 bits per heavy atom. The maximum atomic E-state index is 11.5. The third kappa shape index (κ3) is 5.25. The predicted molar refractivity (Wildman–Crippen MR) is 73.5 cm³/mol. The van der Waals surface area contributed by atoms with E-state index in [1.54, 1.807) is 6.92 Å². The topological polar surface area (TPSA) is 91.3 Å². The van der Waals surface area contributed by atoms with E-state index in [0.29, 0.717) is 17.2 Å². The molecule has 19 heavy (non-hydrogen) atoms. The lowest BCUT2D eigenvalue weighted by Gasteiger charge is -2.18. The molecule has 3 N–H and O–H groups in total. The molecule has 0 radical (unpaired) electrons. The van der Waals surface area contributed by atoms with Crippen LogP contribution in [0.5, 0.6) is 0 Å². The maximum Gasteiger partial charge on any atom is 0.347 e. The normalized spacial score (nSPS) is 11.2. The first-order chi connectivity index (χ1) is 8.69. The molecule has 0 fully saturated rings. The van der Waals surface area contributed by atoms with Gasteiger partial charge in [0.25, 0.3) is 0 Å². The van der Waals surface area contributed by atoms with Gasteiger partial charge in [0.2, 0.25) is 0 Å². The molecule has 0 unspecified atom stereocenters. The molecule has 106 valence electrons. The highest BCUT2D eigenvalue weighted by Crippen LogP contribution is 2.17. The summed E-state index contributed by atoms with van der Waals surface area (Å²) in [5.41, 5.74) is 0.496. The summed E-state index contributed by atoms with van der Waals surface area (Å²) in [5, 5.41) is 14.9. The minimum absolute atomic E-state index is 0.0194. The van der Waals surface area contributed by atoms with Crippen LogP contribution in [-0.4, -0.2) is 28.6 Å². The number of hydrogen-bond donors (Lipinski definition) is 3. The number of thiazole rings is 1. The summed E-state index contributed by atoms with van der Waals surface area (Å²) in [7, 11) is 0. The van der Waals surface area contributed by atoms with Crippen molar-refractivity contribution in [1.29, 1.82) is 0 Å². The lowest BCUT2D eigenvalue weighted by molar-refractivity contribution is 0.0701. The molecule has 0 atom stereocenters. The molecular weight excluding hydrogens is 266 g/mol. The molecule has 0 aliphatic heterocycles. The third-order valence-electron chi connectivity index (χ3n) is 2.21. The zero-order valence-electron chi connectivity index (χ0n) is 11.5. The molecule has 7 heteroatoms. The first kappa shape index (κ1) is 15.4. The minimum atomic E-state index is -0.988. The summed E-state index contributed by atoms with van der Waals surface area (Å²) in [5.74, 6) is -0.988. The van der Waals surface area contributed by atoms with Gasteiger partial charge in [0, 0.05) is 6.54 Å². The summed E-state index contributed by atoms with van der Waals surface area (Å²) in [4.78, 5) is 26.7. The number of carboxylic acid groups (broad SMARTS) is 1. The number of rotatable bonds is 4. The Morgan fingerprint density at radius 1 is 1.32 bits per heavy atom. The Hall–Kier alpha value is -1.63. The van der Waals surface area contributed by atoms with E-state index in [2.05, 4.69) is 15.6 Å². The van der Waals surface area contributed by atoms with Crippen molar-refractivity contribution in [2.24, 2.45) is 5.41 Å². The van der Waals surface area contributed by atoms with Crippen LogP contribution < -0.4 is 10.6 Å². The van der Waals surface area contributed by atoms with Crippen LogP contribution >= 0.6 is 11.3 Å². The van der Waals surface area contributed by atoms with E-state index in [9.17, 15) is 9.59 Å². The SMILES string of the molecule is Cc1nc(CNC(=O)NCC(C)(C)C)sc1C(=O)O. The molecule has 0 saturated carbocycles. The van der Waals surface area contributed by atoms with Crippen molar-refractivity contribution in [1.82, 2.24) is 15.6 Å². The lowest BCUT2D eigenvalue weighted by atomic mass is 9.97. The van der Waals surface area contributed by atoms with Gasteiger partial charge >= 0.3 is 12.0 Å². The number of aromatic nitrogens is 1. The van der Waals surface area contributed by atoms with Gasteiger partial charge in [0.15, 0.2) is 0 Å². The van der Waals surface area contributed by atoms with Crippen molar-refractivity contribution in [3.8, 4) is 0 Å². The van der Waals surface area contributed by atoms with Crippen LogP contribution in [0, 0.1) is 12.3 Å². The standard InChI is InChI=1S/C12H19N3O3S/c1-7-9(10(16)17)19-8(15-7)5-13-11(18)14-6-12(2,3)4/h5-6H2,1-4H3,(H,16,17)(H2,13,14,18). The van der Waals surface area contributed by atoms with Gasteiger partial charge in [-0.3, -0.25) is 0 Å². The average molecular weight is 285 g/mol. The Balaban J connectivity index is 2.47. The number of carbonyl (C=O) groups is 2. The highest BCUT2D eigenvalue weighted by atomic mass is 32.1. The van der Waals surface area contributed by atoms with E-state index >= 15 is 0 Å². The minimum Gasteiger partial charge on any atom is -0.477 e. The summed E-state index contributed by atoms with van der Waals surface area (Å²) in [6, 6.07) is -0.278. The fraction of sp³-hybridized carbons (Fsp3) is 0.583. The van der Waals surface area contributed by atoms with Gasteiger partial charge in [-0.25, -0.2) is 14.6 Å². The molecule has 0 saturated heterocycles. The Morgan fingerprint density at radius 3 is 2.42 bits per heavy atom. The molecule has 0 spiro atoms. The number of carboxylic acids is 1. The molecule has 0 bridgehead atoms. The number of amides is 2. The fourth-order valence-electron chi connectivity index (χ4n) is 1.29. The maximum absolute atomic E-state index is 11.5. The van der Waals surface area contributed by atoms with E-state index in [4.69, 9.17) is 5.11 Å². The number of nitrogens with one attached hydrogen (secondary N) is 2.